The van der Waals surface area contributed by atoms with Crippen molar-refractivity contribution in [2.24, 2.45) is 0 Å². The Labute approximate surface area is 129 Å². The Morgan fingerprint density at radius 2 is 1.86 bits per heavy atom. The SMILES string of the molecule is Oc1ccc(C2CCCCC2)cc1-c1cccc2[nH]nnc12. The summed E-state index contributed by atoms with van der Waals surface area (Å²) in [4.78, 5) is 0. The van der Waals surface area contributed by atoms with E-state index in [-0.39, 0.29) is 0 Å². The van der Waals surface area contributed by atoms with Gasteiger partial charge in [0.2, 0.25) is 0 Å². The number of H-pyrrole nitrogens is 1. The maximum absolute atomic E-state index is 10.3. The number of fused-ring (bicyclic) bond motifs is 1. The van der Waals surface area contributed by atoms with Crippen LogP contribution >= 0.6 is 0 Å². The highest BCUT2D eigenvalue weighted by Crippen LogP contribution is 2.38. The van der Waals surface area contributed by atoms with Gasteiger partial charge in [-0.3, -0.25) is 5.10 Å². The van der Waals surface area contributed by atoms with Crippen LogP contribution in [0.4, 0.5) is 0 Å². The predicted octanol–water partition coefficient (Wildman–Crippen LogP) is 4.38. The third kappa shape index (κ3) is 2.25. The molecule has 1 fully saturated rings. The van der Waals surface area contributed by atoms with Crippen molar-refractivity contribution >= 4 is 11.0 Å². The fourth-order valence-corrected chi connectivity index (χ4v) is 3.55. The van der Waals surface area contributed by atoms with Gasteiger partial charge in [0, 0.05) is 11.1 Å². The van der Waals surface area contributed by atoms with E-state index in [0.717, 1.165) is 22.2 Å². The molecule has 4 nitrogen and oxygen atoms in total. The first-order valence-electron chi connectivity index (χ1n) is 7.96. The van der Waals surface area contributed by atoms with Crippen LogP contribution in [0.1, 0.15) is 43.6 Å². The topological polar surface area (TPSA) is 61.8 Å². The molecule has 2 N–H and O–H groups in total. The summed E-state index contributed by atoms with van der Waals surface area (Å²) < 4.78 is 0. The highest BCUT2D eigenvalue weighted by atomic mass is 16.3. The summed E-state index contributed by atoms with van der Waals surface area (Å²) in [5.41, 5.74) is 4.80. The van der Waals surface area contributed by atoms with Gasteiger partial charge >= 0.3 is 0 Å². The Bertz CT molecular complexity index is 803. The molecule has 4 rings (SSSR count). The summed E-state index contributed by atoms with van der Waals surface area (Å²) in [5, 5.41) is 21.2. The highest BCUT2D eigenvalue weighted by Gasteiger charge is 2.18. The molecule has 4 heteroatoms. The molecule has 1 aliphatic rings. The van der Waals surface area contributed by atoms with Crippen LogP contribution in [0, 0.1) is 0 Å². The van der Waals surface area contributed by atoms with Gasteiger partial charge in [-0.25, -0.2) is 0 Å². The minimum absolute atomic E-state index is 0.301. The molecule has 112 valence electrons. The van der Waals surface area contributed by atoms with E-state index < -0.39 is 0 Å². The molecule has 0 spiro atoms. The Hall–Kier alpha value is -2.36. The van der Waals surface area contributed by atoms with E-state index in [4.69, 9.17) is 0 Å². The van der Waals surface area contributed by atoms with Crippen LogP contribution in [0.2, 0.25) is 0 Å². The molecule has 22 heavy (non-hydrogen) atoms. The number of hydrogen-bond acceptors (Lipinski definition) is 3. The first-order chi connectivity index (χ1) is 10.8. The lowest BCUT2D eigenvalue weighted by Crippen LogP contribution is -2.04. The Morgan fingerprint density at radius 1 is 1.00 bits per heavy atom. The average Bonchev–Trinajstić information content (AvgIpc) is 3.05. The quantitative estimate of drug-likeness (QED) is 0.737. The summed E-state index contributed by atoms with van der Waals surface area (Å²) in [6.45, 7) is 0. The van der Waals surface area contributed by atoms with Crippen molar-refractivity contribution in [1.29, 1.82) is 0 Å². The predicted molar refractivity (Wildman–Crippen MR) is 86.8 cm³/mol. The fraction of sp³-hybridized carbons (Fsp3) is 0.333. The second kappa shape index (κ2) is 5.44. The number of nitrogens with one attached hydrogen (secondary N) is 1. The van der Waals surface area contributed by atoms with Gasteiger partial charge in [-0.05, 0) is 42.5 Å². The lowest BCUT2D eigenvalue weighted by atomic mass is 9.83. The number of rotatable bonds is 2. The third-order valence-corrected chi connectivity index (χ3v) is 4.74. The van der Waals surface area contributed by atoms with Crippen molar-refractivity contribution in [1.82, 2.24) is 15.4 Å². The van der Waals surface area contributed by atoms with E-state index >= 15 is 0 Å². The van der Waals surface area contributed by atoms with Crippen molar-refractivity contribution in [3.63, 3.8) is 0 Å². The molecular weight excluding hydrogens is 274 g/mol. The van der Waals surface area contributed by atoms with Crippen LogP contribution < -0.4 is 0 Å². The van der Waals surface area contributed by atoms with Crippen LogP contribution in [-0.2, 0) is 0 Å². The number of aromatic hydroxyl groups is 1. The van der Waals surface area contributed by atoms with Gasteiger partial charge in [-0.1, -0.05) is 42.7 Å². The smallest absolute Gasteiger partial charge is 0.123 e. The standard InChI is InChI=1S/C18H19N3O/c22-17-10-9-13(12-5-2-1-3-6-12)11-15(17)14-7-4-8-16-18(14)20-21-19-16/h4,7-12,22H,1-3,5-6H2,(H,19,20,21). The molecule has 0 unspecified atom stereocenters. The number of phenolic OH excluding ortho intramolecular Hbond substituents is 1. The molecule has 0 radical (unpaired) electrons. The minimum Gasteiger partial charge on any atom is -0.507 e. The molecule has 1 aliphatic carbocycles. The van der Waals surface area contributed by atoms with Crippen molar-refractivity contribution in [3.8, 4) is 16.9 Å². The van der Waals surface area contributed by atoms with Crippen LogP contribution in [0.5, 0.6) is 5.75 Å². The van der Waals surface area contributed by atoms with Gasteiger partial charge in [-0.2, -0.15) is 0 Å². The number of aromatic nitrogens is 3. The van der Waals surface area contributed by atoms with Gasteiger partial charge in [0.25, 0.3) is 0 Å². The second-order valence-corrected chi connectivity index (χ2v) is 6.13. The zero-order valence-corrected chi connectivity index (χ0v) is 12.4. The lowest BCUT2D eigenvalue weighted by Gasteiger charge is -2.22. The number of benzene rings is 2. The van der Waals surface area contributed by atoms with Crippen LogP contribution in [0.3, 0.4) is 0 Å². The fourth-order valence-electron chi connectivity index (χ4n) is 3.55. The highest BCUT2D eigenvalue weighted by molar-refractivity contribution is 5.93. The first-order valence-corrected chi connectivity index (χ1v) is 7.96. The van der Waals surface area contributed by atoms with Crippen molar-refractivity contribution in [2.75, 3.05) is 0 Å². The molecule has 0 amide bonds. The van der Waals surface area contributed by atoms with Gasteiger partial charge in [0.1, 0.15) is 11.3 Å². The normalized spacial score (nSPS) is 16.2. The number of hydrogen-bond donors (Lipinski definition) is 2. The maximum Gasteiger partial charge on any atom is 0.123 e. The molecule has 1 aromatic heterocycles. The van der Waals surface area contributed by atoms with Crippen LogP contribution in [0.15, 0.2) is 36.4 Å². The van der Waals surface area contributed by atoms with Crippen molar-refractivity contribution in [3.05, 3.63) is 42.0 Å². The van der Waals surface area contributed by atoms with E-state index in [0.29, 0.717) is 11.7 Å². The van der Waals surface area contributed by atoms with E-state index in [9.17, 15) is 5.11 Å². The van der Waals surface area contributed by atoms with Gasteiger partial charge in [0.15, 0.2) is 0 Å². The van der Waals surface area contributed by atoms with E-state index in [1.54, 1.807) is 0 Å². The second-order valence-electron chi connectivity index (χ2n) is 6.13. The minimum atomic E-state index is 0.301. The number of nitrogens with zero attached hydrogens (tertiary/aromatic N) is 2. The molecule has 0 atom stereocenters. The Kier molecular flexibility index (Phi) is 3.29. The molecule has 0 bridgehead atoms. The van der Waals surface area contributed by atoms with Crippen molar-refractivity contribution in [2.45, 2.75) is 38.0 Å². The lowest BCUT2D eigenvalue weighted by molar-refractivity contribution is 0.442. The van der Waals surface area contributed by atoms with E-state index in [1.807, 2.05) is 24.3 Å². The zero-order chi connectivity index (χ0) is 14.9. The molecule has 3 aromatic rings. The summed E-state index contributed by atoms with van der Waals surface area (Å²) >= 11 is 0. The zero-order valence-electron chi connectivity index (χ0n) is 12.4. The molecule has 0 saturated heterocycles. The summed E-state index contributed by atoms with van der Waals surface area (Å²) in [5.74, 6) is 0.916. The van der Waals surface area contributed by atoms with Gasteiger partial charge < -0.3 is 5.11 Å². The molecule has 1 saturated carbocycles. The molecular formula is C18H19N3O. The molecule has 0 aliphatic heterocycles. The van der Waals surface area contributed by atoms with Gasteiger partial charge in [0.05, 0.1) is 5.52 Å². The maximum atomic E-state index is 10.3. The van der Waals surface area contributed by atoms with Crippen LogP contribution in [0.25, 0.3) is 22.2 Å². The summed E-state index contributed by atoms with van der Waals surface area (Å²) in [6, 6.07) is 11.9. The Balaban J connectivity index is 1.82. The number of phenols is 1. The van der Waals surface area contributed by atoms with E-state index in [1.165, 1.54) is 37.7 Å². The monoisotopic (exact) mass is 293 g/mol. The largest absolute Gasteiger partial charge is 0.507 e. The number of aromatic amines is 1. The van der Waals surface area contributed by atoms with Crippen LogP contribution in [-0.4, -0.2) is 20.5 Å². The average molecular weight is 293 g/mol. The molecule has 2 aromatic carbocycles. The third-order valence-electron chi connectivity index (χ3n) is 4.74. The van der Waals surface area contributed by atoms with Gasteiger partial charge in [-0.15, -0.1) is 5.10 Å². The van der Waals surface area contributed by atoms with Crippen molar-refractivity contribution < 1.29 is 5.11 Å². The Morgan fingerprint density at radius 3 is 2.73 bits per heavy atom. The molecule has 1 heterocycles. The summed E-state index contributed by atoms with van der Waals surface area (Å²) in [6.07, 6.45) is 6.45. The van der Waals surface area contributed by atoms with E-state index in [2.05, 4.69) is 27.5 Å². The first kappa shape index (κ1) is 13.3. The summed E-state index contributed by atoms with van der Waals surface area (Å²) in [7, 11) is 0.